The first kappa shape index (κ1) is 13.5. The van der Waals surface area contributed by atoms with Crippen LogP contribution in [0.4, 0.5) is 0 Å². The maximum Gasteiger partial charge on any atom is 0.228 e. The number of benzene rings is 1. The topological polar surface area (TPSA) is 42.4 Å². The summed E-state index contributed by atoms with van der Waals surface area (Å²) >= 11 is 1.51. The van der Waals surface area contributed by atoms with Crippen LogP contribution in [0.3, 0.4) is 0 Å². The number of likely N-dealkylation sites (N-methyl/N-ethyl adjacent to an activating group) is 1. The Hall–Kier alpha value is -1.88. The highest BCUT2D eigenvalue weighted by Crippen LogP contribution is 2.24. The van der Waals surface area contributed by atoms with E-state index in [4.69, 9.17) is 4.74 Å². The average Bonchev–Trinajstić information content (AvgIpc) is 2.87. The predicted octanol–water partition coefficient (Wildman–Crippen LogP) is 2.45. The van der Waals surface area contributed by atoms with E-state index in [1.54, 1.807) is 26.1 Å². The minimum atomic E-state index is 0.0654. The molecule has 5 heteroatoms. The first-order valence-electron chi connectivity index (χ1n) is 5.89. The number of hydrogen-bond donors (Lipinski definition) is 0. The second kappa shape index (κ2) is 5.84. The molecule has 2 aromatic rings. The number of amides is 1. The Kier molecular flexibility index (Phi) is 4.16. The number of carbonyl (C=O) groups is 1. The lowest BCUT2D eigenvalue weighted by atomic mass is 10.2. The third-order valence-electron chi connectivity index (χ3n) is 2.74. The fraction of sp³-hybridized carbons (Fsp3) is 0.286. The van der Waals surface area contributed by atoms with E-state index in [2.05, 4.69) is 4.98 Å². The Morgan fingerprint density at radius 2 is 2.00 bits per heavy atom. The molecule has 0 aliphatic rings. The molecule has 0 radical (unpaired) electrons. The van der Waals surface area contributed by atoms with Crippen molar-refractivity contribution in [3.8, 4) is 17.0 Å². The molecule has 0 fully saturated rings. The fourth-order valence-corrected chi connectivity index (χ4v) is 2.37. The van der Waals surface area contributed by atoms with Gasteiger partial charge in [0.25, 0.3) is 0 Å². The van der Waals surface area contributed by atoms with Crippen LogP contribution in [0.5, 0.6) is 5.75 Å². The van der Waals surface area contributed by atoms with Gasteiger partial charge < -0.3 is 9.64 Å². The van der Waals surface area contributed by atoms with Crippen molar-refractivity contribution in [2.24, 2.45) is 0 Å². The summed E-state index contributed by atoms with van der Waals surface area (Å²) in [6, 6.07) is 7.73. The van der Waals surface area contributed by atoms with Gasteiger partial charge in [-0.15, -0.1) is 11.3 Å². The lowest BCUT2D eigenvalue weighted by Gasteiger charge is -2.07. The van der Waals surface area contributed by atoms with Crippen LogP contribution in [0.2, 0.25) is 0 Å². The van der Waals surface area contributed by atoms with Crippen LogP contribution < -0.4 is 4.74 Å². The first-order chi connectivity index (χ1) is 9.10. The van der Waals surface area contributed by atoms with Crippen molar-refractivity contribution in [2.75, 3.05) is 21.2 Å². The minimum absolute atomic E-state index is 0.0654. The minimum Gasteiger partial charge on any atom is -0.497 e. The van der Waals surface area contributed by atoms with E-state index >= 15 is 0 Å². The predicted molar refractivity (Wildman–Crippen MR) is 76.5 cm³/mol. The molecule has 0 unspecified atom stereocenters. The number of rotatable bonds is 4. The Morgan fingerprint density at radius 3 is 2.58 bits per heavy atom. The number of hydrogen-bond acceptors (Lipinski definition) is 4. The van der Waals surface area contributed by atoms with Gasteiger partial charge in [0.05, 0.1) is 19.2 Å². The highest BCUT2D eigenvalue weighted by Gasteiger charge is 2.10. The SMILES string of the molecule is COc1ccc(-c2csc(CC(=O)N(C)C)n2)cc1. The molecule has 0 atom stereocenters. The molecule has 1 heterocycles. The summed E-state index contributed by atoms with van der Waals surface area (Å²) < 4.78 is 5.12. The molecular formula is C14H16N2O2S. The van der Waals surface area contributed by atoms with Crippen LogP contribution in [-0.4, -0.2) is 37.0 Å². The van der Waals surface area contributed by atoms with E-state index in [-0.39, 0.29) is 5.91 Å². The summed E-state index contributed by atoms with van der Waals surface area (Å²) in [4.78, 5) is 17.7. The number of nitrogens with zero attached hydrogens (tertiary/aromatic N) is 2. The van der Waals surface area contributed by atoms with Gasteiger partial charge >= 0.3 is 0 Å². The molecule has 0 saturated heterocycles. The van der Waals surface area contributed by atoms with Crippen LogP contribution in [-0.2, 0) is 11.2 Å². The van der Waals surface area contributed by atoms with E-state index in [0.29, 0.717) is 6.42 Å². The third kappa shape index (κ3) is 3.32. The first-order valence-corrected chi connectivity index (χ1v) is 6.77. The van der Waals surface area contributed by atoms with E-state index in [9.17, 15) is 4.79 Å². The lowest BCUT2D eigenvalue weighted by molar-refractivity contribution is -0.127. The van der Waals surface area contributed by atoms with Crippen molar-refractivity contribution in [2.45, 2.75) is 6.42 Å². The third-order valence-corrected chi connectivity index (χ3v) is 3.59. The highest BCUT2D eigenvalue weighted by atomic mass is 32.1. The van der Waals surface area contributed by atoms with Gasteiger partial charge in [-0.2, -0.15) is 0 Å². The largest absolute Gasteiger partial charge is 0.497 e. The molecule has 0 aliphatic carbocycles. The zero-order valence-electron chi connectivity index (χ0n) is 11.2. The van der Waals surface area contributed by atoms with Gasteiger partial charge in [0, 0.05) is 25.0 Å². The smallest absolute Gasteiger partial charge is 0.228 e. The number of carbonyl (C=O) groups excluding carboxylic acids is 1. The second-order valence-corrected chi connectivity index (χ2v) is 5.26. The van der Waals surface area contributed by atoms with E-state index in [1.165, 1.54) is 11.3 Å². The van der Waals surface area contributed by atoms with Crippen LogP contribution in [0.25, 0.3) is 11.3 Å². The summed E-state index contributed by atoms with van der Waals surface area (Å²) in [6.07, 6.45) is 0.355. The summed E-state index contributed by atoms with van der Waals surface area (Å²) in [5.41, 5.74) is 1.93. The average molecular weight is 276 g/mol. The summed E-state index contributed by atoms with van der Waals surface area (Å²) in [6.45, 7) is 0. The molecule has 1 aromatic carbocycles. The van der Waals surface area contributed by atoms with Gasteiger partial charge in [-0.1, -0.05) is 0 Å². The lowest BCUT2D eigenvalue weighted by Crippen LogP contribution is -2.23. The number of thiazole rings is 1. The van der Waals surface area contributed by atoms with Gasteiger partial charge in [0.15, 0.2) is 0 Å². The van der Waals surface area contributed by atoms with E-state index < -0.39 is 0 Å². The standard InChI is InChI=1S/C14H16N2O2S/c1-16(2)14(17)8-13-15-12(9-19-13)10-4-6-11(18-3)7-5-10/h4-7,9H,8H2,1-3H3. The van der Waals surface area contributed by atoms with E-state index in [0.717, 1.165) is 22.0 Å². The maximum atomic E-state index is 11.6. The molecule has 1 amide bonds. The zero-order chi connectivity index (χ0) is 13.8. The van der Waals surface area contributed by atoms with Gasteiger partial charge in [0.1, 0.15) is 10.8 Å². The second-order valence-electron chi connectivity index (χ2n) is 4.32. The molecule has 0 spiro atoms. The van der Waals surface area contributed by atoms with Gasteiger partial charge in [-0.05, 0) is 24.3 Å². The number of aromatic nitrogens is 1. The normalized spacial score (nSPS) is 10.3. The van der Waals surface area contributed by atoms with Gasteiger partial charge in [-0.25, -0.2) is 4.98 Å². The van der Waals surface area contributed by atoms with Crippen LogP contribution in [0.15, 0.2) is 29.6 Å². The molecule has 100 valence electrons. The van der Waals surface area contributed by atoms with Crippen molar-refractivity contribution in [3.63, 3.8) is 0 Å². The summed E-state index contributed by atoms with van der Waals surface area (Å²) in [5, 5.41) is 2.81. The molecule has 0 saturated carbocycles. The van der Waals surface area contributed by atoms with Gasteiger partial charge in [-0.3, -0.25) is 4.79 Å². The van der Waals surface area contributed by atoms with E-state index in [1.807, 2.05) is 29.6 Å². The van der Waals surface area contributed by atoms with Crippen molar-refractivity contribution in [1.82, 2.24) is 9.88 Å². The maximum absolute atomic E-state index is 11.6. The molecule has 0 bridgehead atoms. The Morgan fingerprint density at radius 1 is 1.32 bits per heavy atom. The van der Waals surface area contributed by atoms with Crippen LogP contribution >= 0.6 is 11.3 Å². The fourth-order valence-electron chi connectivity index (χ4n) is 1.57. The molecule has 4 nitrogen and oxygen atoms in total. The van der Waals surface area contributed by atoms with Crippen LogP contribution in [0, 0.1) is 0 Å². The van der Waals surface area contributed by atoms with Gasteiger partial charge in [0.2, 0.25) is 5.91 Å². The van der Waals surface area contributed by atoms with Crippen molar-refractivity contribution >= 4 is 17.2 Å². The molecule has 0 aliphatic heterocycles. The molecule has 19 heavy (non-hydrogen) atoms. The summed E-state index contributed by atoms with van der Waals surface area (Å²) in [5.74, 6) is 0.887. The quantitative estimate of drug-likeness (QED) is 0.861. The van der Waals surface area contributed by atoms with Crippen molar-refractivity contribution < 1.29 is 9.53 Å². The molecule has 2 rings (SSSR count). The Bertz CT molecular complexity index is 561. The summed E-state index contributed by atoms with van der Waals surface area (Å²) in [7, 11) is 5.14. The molecular weight excluding hydrogens is 260 g/mol. The van der Waals surface area contributed by atoms with Crippen molar-refractivity contribution in [1.29, 1.82) is 0 Å². The van der Waals surface area contributed by atoms with Crippen molar-refractivity contribution in [3.05, 3.63) is 34.7 Å². The Balaban J connectivity index is 2.13. The molecule has 0 N–H and O–H groups in total. The zero-order valence-corrected chi connectivity index (χ0v) is 12.0. The number of ether oxygens (including phenoxy) is 1. The monoisotopic (exact) mass is 276 g/mol. The molecule has 1 aromatic heterocycles. The highest BCUT2D eigenvalue weighted by molar-refractivity contribution is 7.10. The van der Waals surface area contributed by atoms with Crippen LogP contribution in [0.1, 0.15) is 5.01 Å². The number of methoxy groups -OCH3 is 1. The Labute approximate surface area is 116 Å².